The van der Waals surface area contributed by atoms with Crippen molar-refractivity contribution in [3.63, 3.8) is 0 Å². The zero-order valence-electron chi connectivity index (χ0n) is 14.7. The molecule has 4 rings (SSSR count). The topological polar surface area (TPSA) is 0 Å². The molecule has 4 aromatic rings. The van der Waals surface area contributed by atoms with Gasteiger partial charge < -0.3 is 0 Å². The zero-order valence-corrected chi connectivity index (χ0v) is 14.7. The van der Waals surface area contributed by atoms with Gasteiger partial charge in [0.1, 0.15) is 0 Å². The van der Waals surface area contributed by atoms with E-state index in [1.807, 2.05) is 30.3 Å². The van der Waals surface area contributed by atoms with Crippen molar-refractivity contribution in [1.82, 2.24) is 0 Å². The molecule has 0 aliphatic carbocycles. The Bertz CT molecular complexity index is 1090. The quantitative estimate of drug-likeness (QED) is 0.370. The second-order valence-electron chi connectivity index (χ2n) is 6.38. The van der Waals surface area contributed by atoms with Gasteiger partial charge in [-0.2, -0.15) is 0 Å². The minimum absolute atomic E-state index is 1.02. The maximum Gasteiger partial charge on any atom is -0.00988 e. The molecule has 0 aliphatic heterocycles. The van der Waals surface area contributed by atoms with Crippen molar-refractivity contribution in [2.24, 2.45) is 0 Å². The molecule has 0 saturated heterocycles. The normalized spacial score (nSPS) is 10.6. The van der Waals surface area contributed by atoms with E-state index in [-0.39, 0.29) is 0 Å². The van der Waals surface area contributed by atoms with E-state index in [1.54, 1.807) is 0 Å². The number of fused-ring (bicyclic) bond motifs is 1. The van der Waals surface area contributed by atoms with Gasteiger partial charge in [0.15, 0.2) is 0 Å². The summed E-state index contributed by atoms with van der Waals surface area (Å²) in [6.07, 6.45) is 1.91. The Balaban J connectivity index is 1.96. The van der Waals surface area contributed by atoms with Gasteiger partial charge in [-0.15, -0.1) is 0 Å². The first-order valence-corrected chi connectivity index (χ1v) is 8.77. The van der Waals surface area contributed by atoms with Crippen LogP contribution in [-0.4, -0.2) is 0 Å². The summed E-state index contributed by atoms with van der Waals surface area (Å²) in [5.41, 5.74) is 6.85. The van der Waals surface area contributed by atoms with E-state index in [4.69, 9.17) is 0 Å². The fourth-order valence-corrected chi connectivity index (χ4v) is 3.44. The van der Waals surface area contributed by atoms with Crippen LogP contribution < -0.4 is 0 Å². The Morgan fingerprint density at radius 1 is 0.731 bits per heavy atom. The molecule has 0 fully saturated rings. The number of rotatable bonds is 4. The Morgan fingerprint density at radius 3 is 2.12 bits per heavy atom. The second kappa shape index (κ2) is 6.85. The molecule has 0 N–H and O–H groups in total. The molecule has 0 heterocycles. The summed E-state index contributed by atoms with van der Waals surface area (Å²) in [5, 5.41) is 2.45. The molecular formula is C26H20. The third-order valence-corrected chi connectivity index (χ3v) is 4.80. The molecule has 0 aliphatic rings. The lowest BCUT2D eigenvalue weighted by Crippen LogP contribution is -1.92. The molecule has 0 aromatic heterocycles. The molecule has 0 amide bonds. The van der Waals surface area contributed by atoms with Crippen LogP contribution in [-0.2, 0) is 0 Å². The van der Waals surface area contributed by atoms with E-state index in [0.717, 1.165) is 22.3 Å². The Hall–Kier alpha value is -3.38. The number of benzene rings is 4. The summed E-state index contributed by atoms with van der Waals surface area (Å²) in [5.74, 6) is 0. The van der Waals surface area contributed by atoms with Crippen molar-refractivity contribution in [2.75, 3.05) is 0 Å². The predicted octanol–water partition coefficient (Wildman–Crippen LogP) is 7.21. The van der Waals surface area contributed by atoms with Crippen LogP contribution in [0.15, 0.2) is 104 Å². The lowest BCUT2D eigenvalue weighted by molar-refractivity contribution is 1.55. The minimum atomic E-state index is 1.02. The van der Waals surface area contributed by atoms with Crippen LogP contribution in [0.2, 0.25) is 0 Å². The zero-order chi connectivity index (χ0) is 17.9. The maximum atomic E-state index is 4.37. The fraction of sp³-hybridized carbons (Fsp3) is 0. The first-order chi connectivity index (χ1) is 12.8. The van der Waals surface area contributed by atoms with Crippen molar-refractivity contribution in [3.05, 3.63) is 121 Å². The van der Waals surface area contributed by atoms with Crippen LogP contribution in [0, 0.1) is 0 Å². The summed E-state index contributed by atoms with van der Waals surface area (Å²) >= 11 is 0. The molecule has 0 spiro atoms. The molecule has 0 saturated carbocycles. The molecule has 0 heteroatoms. The largest absolute Gasteiger partial charge is 0.0984 e. The fourth-order valence-electron chi connectivity index (χ4n) is 3.44. The first-order valence-electron chi connectivity index (χ1n) is 8.77. The highest BCUT2D eigenvalue weighted by Crippen LogP contribution is 2.34. The van der Waals surface area contributed by atoms with Gasteiger partial charge in [0.2, 0.25) is 0 Å². The van der Waals surface area contributed by atoms with Crippen LogP contribution in [0.5, 0.6) is 0 Å². The van der Waals surface area contributed by atoms with Gasteiger partial charge in [-0.25, -0.2) is 0 Å². The van der Waals surface area contributed by atoms with Gasteiger partial charge in [-0.05, 0) is 56.3 Å². The first kappa shape index (κ1) is 16.1. The van der Waals surface area contributed by atoms with E-state index >= 15 is 0 Å². The summed E-state index contributed by atoms with van der Waals surface area (Å²) < 4.78 is 0. The predicted molar refractivity (Wildman–Crippen MR) is 114 cm³/mol. The average Bonchev–Trinajstić information content (AvgIpc) is 2.73. The molecule has 0 unspecified atom stereocenters. The monoisotopic (exact) mass is 332 g/mol. The molecular weight excluding hydrogens is 312 g/mol. The van der Waals surface area contributed by atoms with Crippen LogP contribution >= 0.6 is 0 Å². The Kier molecular flexibility index (Phi) is 4.25. The highest BCUT2D eigenvalue weighted by Gasteiger charge is 2.11. The Morgan fingerprint density at radius 2 is 1.42 bits per heavy atom. The van der Waals surface area contributed by atoms with E-state index in [2.05, 4.69) is 79.9 Å². The van der Waals surface area contributed by atoms with Crippen LogP contribution in [0.3, 0.4) is 0 Å². The molecule has 0 nitrogen and oxygen atoms in total. The smallest absolute Gasteiger partial charge is 0.00988 e. The molecule has 0 atom stereocenters. The van der Waals surface area contributed by atoms with Gasteiger partial charge in [-0.3, -0.25) is 0 Å². The molecule has 0 bridgehead atoms. The summed E-state index contributed by atoms with van der Waals surface area (Å²) in [4.78, 5) is 0. The van der Waals surface area contributed by atoms with Crippen LogP contribution in [0.1, 0.15) is 16.7 Å². The summed E-state index contributed by atoms with van der Waals surface area (Å²) in [6, 6.07) is 31.7. The summed E-state index contributed by atoms with van der Waals surface area (Å²) in [6.45, 7) is 8.38. The number of hydrogen-bond donors (Lipinski definition) is 0. The van der Waals surface area contributed by atoms with Crippen molar-refractivity contribution in [2.45, 2.75) is 0 Å². The molecule has 26 heavy (non-hydrogen) atoms. The van der Waals surface area contributed by atoms with Gasteiger partial charge in [-0.1, -0.05) is 98.1 Å². The maximum absolute atomic E-state index is 4.37. The Labute approximate surface area is 154 Å². The lowest BCUT2D eigenvalue weighted by Gasteiger charge is -2.14. The van der Waals surface area contributed by atoms with Gasteiger partial charge >= 0.3 is 0 Å². The molecule has 124 valence electrons. The van der Waals surface area contributed by atoms with Gasteiger partial charge in [0.25, 0.3) is 0 Å². The van der Waals surface area contributed by atoms with Gasteiger partial charge in [0, 0.05) is 0 Å². The highest BCUT2D eigenvalue weighted by molar-refractivity contribution is 6.01. The third-order valence-electron chi connectivity index (χ3n) is 4.80. The van der Waals surface area contributed by atoms with Crippen molar-refractivity contribution in [1.29, 1.82) is 0 Å². The van der Waals surface area contributed by atoms with E-state index in [9.17, 15) is 0 Å². The molecule has 4 aromatic carbocycles. The van der Waals surface area contributed by atoms with Crippen molar-refractivity contribution >= 4 is 22.4 Å². The van der Waals surface area contributed by atoms with Crippen molar-refractivity contribution in [3.8, 4) is 11.1 Å². The number of hydrogen-bond acceptors (Lipinski definition) is 0. The van der Waals surface area contributed by atoms with Crippen molar-refractivity contribution < 1.29 is 0 Å². The SMILES string of the molecule is C=Cc1cc2cccc(-c3ccccc3)c2cc1C(=C)c1ccccc1. The van der Waals surface area contributed by atoms with E-state index in [0.29, 0.717) is 0 Å². The van der Waals surface area contributed by atoms with Crippen LogP contribution in [0.25, 0.3) is 33.5 Å². The third kappa shape index (κ3) is 2.87. The second-order valence-corrected chi connectivity index (χ2v) is 6.38. The van der Waals surface area contributed by atoms with Gasteiger partial charge in [0.05, 0.1) is 0 Å². The minimum Gasteiger partial charge on any atom is -0.0984 e. The van der Waals surface area contributed by atoms with E-state index < -0.39 is 0 Å². The standard InChI is InChI=1S/C26H20/c1-3-20-17-23-15-10-16-24(22-13-8-5-9-14-22)26(23)18-25(20)19(2)21-11-6-4-7-12-21/h3-18H,1-2H2. The summed E-state index contributed by atoms with van der Waals surface area (Å²) in [7, 11) is 0. The average molecular weight is 332 g/mol. The lowest BCUT2D eigenvalue weighted by atomic mass is 9.89. The van der Waals surface area contributed by atoms with E-state index in [1.165, 1.54) is 21.9 Å². The highest BCUT2D eigenvalue weighted by atomic mass is 14.1. The molecule has 0 radical (unpaired) electrons. The van der Waals surface area contributed by atoms with Crippen LogP contribution in [0.4, 0.5) is 0 Å².